The van der Waals surface area contributed by atoms with Crippen LogP contribution in [0.15, 0.2) is 24.5 Å². The van der Waals surface area contributed by atoms with Crippen molar-refractivity contribution in [3.05, 3.63) is 40.7 Å². The van der Waals surface area contributed by atoms with Gasteiger partial charge in [-0.3, -0.25) is 10.1 Å². The van der Waals surface area contributed by atoms with Crippen molar-refractivity contribution in [2.75, 3.05) is 5.32 Å². The molecule has 6 heteroatoms. The summed E-state index contributed by atoms with van der Waals surface area (Å²) in [6.07, 6.45) is 3.36. The van der Waals surface area contributed by atoms with Crippen LogP contribution in [0.3, 0.4) is 0 Å². The molecule has 0 saturated carbocycles. The zero-order chi connectivity index (χ0) is 13.4. The predicted octanol–water partition coefficient (Wildman–Crippen LogP) is 2.89. The summed E-state index contributed by atoms with van der Waals surface area (Å²) in [4.78, 5) is 24.8. The van der Waals surface area contributed by atoms with Gasteiger partial charge in [0.2, 0.25) is 0 Å². The van der Waals surface area contributed by atoms with Crippen molar-refractivity contribution < 1.29 is 4.79 Å². The van der Waals surface area contributed by atoms with Crippen LogP contribution < -0.4 is 5.32 Å². The Hall–Kier alpha value is -2.21. The van der Waals surface area contributed by atoms with Gasteiger partial charge in [0.25, 0.3) is 5.91 Å². The molecule has 0 spiro atoms. The fourth-order valence-electron chi connectivity index (χ4n) is 1.83. The molecule has 5 nitrogen and oxygen atoms in total. The van der Waals surface area contributed by atoms with E-state index in [1.807, 2.05) is 26.0 Å². The number of rotatable bonds is 2. The smallest absolute Gasteiger partial charge is 0.259 e. The van der Waals surface area contributed by atoms with Crippen LogP contribution in [0.4, 0.5) is 5.13 Å². The minimum absolute atomic E-state index is 0.173. The molecule has 0 aromatic carbocycles. The molecule has 3 aromatic rings. The second-order valence-electron chi connectivity index (χ2n) is 4.22. The summed E-state index contributed by atoms with van der Waals surface area (Å²) >= 11 is 1.48. The molecule has 0 unspecified atom stereocenters. The molecule has 2 N–H and O–H groups in total. The zero-order valence-corrected chi connectivity index (χ0v) is 11.3. The summed E-state index contributed by atoms with van der Waals surface area (Å²) in [5, 5.41) is 4.25. The van der Waals surface area contributed by atoms with Gasteiger partial charge in [-0.05, 0) is 26.0 Å². The first-order valence-electron chi connectivity index (χ1n) is 5.82. The van der Waals surface area contributed by atoms with Crippen LogP contribution in [0.25, 0.3) is 11.0 Å². The van der Waals surface area contributed by atoms with E-state index < -0.39 is 0 Å². The summed E-state index contributed by atoms with van der Waals surface area (Å²) in [7, 11) is 0. The Morgan fingerprint density at radius 3 is 3.00 bits per heavy atom. The van der Waals surface area contributed by atoms with Crippen molar-refractivity contribution in [1.29, 1.82) is 0 Å². The van der Waals surface area contributed by atoms with Crippen LogP contribution in [-0.2, 0) is 0 Å². The molecular formula is C13H12N4OS. The minimum Gasteiger partial charge on any atom is -0.345 e. The number of fused-ring (bicyclic) bond motifs is 1. The lowest BCUT2D eigenvalue weighted by atomic mass is 10.2. The number of thiazole rings is 1. The van der Waals surface area contributed by atoms with Gasteiger partial charge in [0, 0.05) is 22.7 Å². The molecule has 0 aliphatic rings. The Balaban J connectivity index is 1.92. The molecule has 0 aliphatic carbocycles. The van der Waals surface area contributed by atoms with E-state index in [2.05, 4.69) is 20.3 Å². The van der Waals surface area contributed by atoms with Gasteiger partial charge in [-0.2, -0.15) is 0 Å². The molecule has 3 heterocycles. The van der Waals surface area contributed by atoms with E-state index in [-0.39, 0.29) is 5.91 Å². The standard InChI is InChI=1S/C13H12N4OS/c1-7-8(2)19-13(16-7)17-12(18)10-6-15-11-9(10)4-3-5-14-11/h3-6H,1-2H3,(H,14,15)(H,16,17,18). The van der Waals surface area contributed by atoms with Crippen molar-refractivity contribution in [3.63, 3.8) is 0 Å². The van der Waals surface area contributed by atoms with Gasteiger partial charge in [0.05, 0.1) is 11.3 Å². The number of nitrogens with zero attached hydrogens (tertiary/aromatic N) is 2. The highest BCUT2D eigenvalue weighted by atomic mass is 32.1. The second-order valence-corrected chi connectivity index (χ2v) is 5.42. The molecule has 3 aromatic heterocycles. The Morgan fingerprint density at radius 1 is 1.42 bits per heavy atom. The lowest BCUT2D eigenvalue weighted by Crippen LogP contribution is -2.11. The van der Waals surface area contributed by atoms with Gasteiger partial charge >= 0.3 is 0 Å². The number of aromatic nitrogens is 3. The molecule has 0 aliphatic heterocycles. The lowest BCUT2D eigenvalue weighted by molar-refractivity contribution is 0.102. The largest absolute Gasteiger partial charge is 0.345 e. The Labute approximate surface area is 113 Å². The molecule has 0 saturated heterocycles. The first-order chi connectivity index (χ1) is 9.15. The summed E-state index contributed by atoms with van der Waals surface area (Å²) in [6, 6.07) is 3.68. The number of H-pyrrole nitrogens is 1. The maximum Gasteiger partial charge on any atom is 0.259 e. The van der Waals surface area contributed by atoms with Gasteiger partial charge in [0.1, 0.15) is 5.65 Å². The minimum atomic E-state index is -0.173. The number of amides is 1. The van der Waals surface area contributed by atoms with Crippen LogP contribution in [0.5, 0.6) is 0 Å². The van der Waals surface area contributed by atoms with E-state index in [0.29, 0.717) is 16.3 Å². The molecule has 0 atom stereocenters. The average Bonchev–Trinajstić information content (AvgIpc) is 2.94. The van der Waals surface area contributed by atoms with E-state index in [9.17, 15) is 4.79 Å². The van der Waals surface area contributed by atoms with Crippen molar-refractivity contribution >= 4 is 33.4 Å². The number of carbonyl (C=O) groups is 1. The van der Waals surface area contributed by atoms with Gasteiger partial charge in [-0.25, -0.2) is 9.97 Å². The predicted molar refractivity (Wildman–Crippen MR) is 75.6 cm³/mol. The van der Waals surface area contributed by atoms with Crippen molar-refractivity contribution in [2.45, 2.75) is 13.8 Å². The fourth-order valence-corrected chi connectivity index (χ4v) is 2.64. The van der Waals surface area contributed by atoms with Crippen LogP contribution in [0.1, 0.15) is 20.9 Å². The number of carbonyl (C=O) groups excluding carboxylic acids is 1. The average molecular weight is 272 g/mol. The second kappa shape index (κ2) is 4.47. The van der Waals surface area contributed by atoms with Gasteiger partial charge in [-0.1, -0.05) is 0 Å². The summed E-state index contributed by atoms with van der Waals surface area (Å²) in [6.45, 7) is 3.91. The quantitative estimate of drug-likeness (QED) is 0.753. The maximum atomic E-state index is 12.2. The molecule has 3 rings (SSSR count). The highest BCUT2D eigenvalue weighted by molar-refractivity contribution is 7.15. The maximum absolute atomic E-state index is 12.2. The SMILES string of the molecule is Cc1nc(NC(=O)c2c[nH]c3ncccc23)sc1C. The monoisotopic (exact) mass is 272 g/mol. The molecule has 1 amide bonds. The lowest BCUT2D eigenvalue weighted by Gasteiger charge is -1.99. The molecule has 0 bridgehead atoms. The summed E-state index contributed by atoms with van der Waals surface area (Å²) < 4.78 is 0. The molecule has 0 radical (unpaired) electrons. The first-order valence-corrected chi connectivity index (χ1v) is 6.64. The van der Waals surface area contributed by atoms with E-state index in [4.69, 9.17) is 0 Å². The Bertz CT molecular complexity index is 739. The van der Waals surface area contributed by atoms with Crippen molar-refractivity contribution in [3.8, 4) is 0 Å². The summed E-state index contributed by atoms with van der Waals surface area (Å²) in [5.41, 5.74) is 2.23. The van der Waals surface area contributed by atoms with Crippen LogP contribution >= 0.6 is 11.3 Å². The Morgan fingerprint density at radius 2 is 2.26 bits per heavy atom. The van der Waals surface area contributed by atoms with Gasteiger partial charge in [0.15, 0.2) is 5.13 Å². The number of aromatic amines is 1. The highest BCUT2D eigenvalue weighted by Gasteiger charge is 2.14. The highest BCUT2D eigenvalue weighted by Crippen LogP contribution is 2.23. The van der Waals surface area contributed by atoms with E-state index >= 15 is 0 Å². The number of anilines is 1. The van der Waals surface area contributed by atoms with Crippen molar-refractivity contribution in [1.82, 2.24) is 15.0 Å². The van der Waals surface area contributed by atoms with Gasteiger partial charge in [-0.15, -0.1) is 11.3 Å². The Kier molecular flexibility index (Phi) is 2.79. The molecular weight excluding hydrogens is 260 g/mol. The van der Waals surface area contributed by atoms with Gasteiger partial charge < -0.3 is 4.98 Å². The van der Waals surface area contributed by atoms with E-state index in [1.54, 1.807) is 12.4 Å². The first kappa shape index (κ1) is 11.9. The number of hydrogen-bond donors (Lipinski definition) is 2. The third-order valence-corrected chi connectivity index (χ3v) is 3.93. The molecule has 0 fully saturated rings. The topological polar surface area (TPSA) is 70.7 Å². The summed E-state index contributed by atoms with van der Waals surface area (Å²) in [5.74, 6) is -0.173. The number of hydrogen-bond acceptors (Lipinski definition) is 4. The third kappa shape index (κ3) is 2.10. The van der Waals surface area contributed by atoms with E-state index in [0.717, 1.165) is 16.0 Å². The number of aryl methyl sites for hydroxylation is 2. The molecule has 96 valence electrons. The van der Waals surface area contributed by atoms with Crippen molar-refractivity contribution in [2.24, 2.45) is 0 Å². The fraction of sp³-hybridized carbons (Fsp3) is 0.154. The number of nitrogens with one attached hydrogen (secondary N) is 2. The zero-order valence-electron chi connectivity index (χ0n) is 10.5. The van der Waals surface area contributed by atoms with E-state index in [1.165, 1.54) is 11.3 Å². The van der Waals surface area contributed by atoms with Crippen LogP contribution in [0.2, 0.25) is 0 Å². The van der Waals surface area contributed by atoms with Crippen LogP contribution in [-0.4, -0.2) is 20.9 Å². The third-order valence-electron chi connectivity index (χ3n) is 2.94. The normalized spacial score (nSPS) is 10.8. The van der Waals surface area contributed by atoms with Crippen LogP contribution in [0, 0.1) is 13.8 Å². The number of pyridine rings is 1. The molecule has 19 heavy (non-hydrogen) atoms.